The van der Waals surface area contributed by atoms with Gasteiger partial charge in [-0.05, 0) is 56.9 Å². The molecule has 0 spiro atoms. The SMILES string of the molecule is Cc1ccc(-n2nnc(C(=O)N3CCCC(CN4CCN(c5ccccn5)CC4)C3)c2C)cc1. The molecule has 0 bridgehead atoms. The number of nitrogens with zero attached hydrogens (tertiary/aromatic N) is 7. The zero-order valence-electron chi connectivity index (χ0n) is 20.1. The van der Waals surface area contributed by atoms with Gasteiger partial charge in [0.1, 0.15) is 5.82 Å². The van der Waals surface area contributed by atoms with Gasteiger partial charge in [-0.2, -0.15) is 0 Å². The Morgan fingerprint density at radius 1 is 1.00 bits per heavy atom. The minimum absolute atomic E-state index is 0.000493. The average molecular weight is 460 g/mol. The number of pyridine rings is 1. The fourth-order valence-corrected chi connectivity index (χ4v) is 5.07. The molecule has 1 aromatic carbocycles. The number of hydrogen-bond acceptors (Lipinski definition) is 6. The van der Waals surface area contributed by atoms with E-state index in [1.807, 2.05) is 54.4 Å². The highest BCUT2D eigenvalue weighted by Crippen LogP contribution is 2.22. The predicted octanol–water partition coefficient (Wildman–Crippen LogP) is 2.95. The molecule has 1 unspecified atom stereocenters. The minimum Gasteiger partial charge on any atom is -0.354 e. The fourth-order valence-electron chi connectivity index (χ4n) is 5.07. The molecule has 5 rings (SSSR count). The third-order valence-electron chi connectivity index (χ3n) is 7.04. The summed E-state index contributed by atoms with van der Waals surface area (Å²) in [5.74, 6) is 1.55. The summed E-state index contributed by atoms with van der Waals surface area (Å²) in [6.45, 7) is 10.7. The number of aryl methyl sites for hydroxylation is 1. The summed E-state index contributed by atoms with van der Waals surface area (Å²) in [7, 11) is 0. The summed E-state index contributed by atoms with van der Waals surface area (Å²) in [4.78, 5) is 24.7. The maximum atomic E-state index is 13.3. The molecule has 2 saturated heterocycles. The Labute approximate surface area is 201 Å². The maximum Gasteiger partial charge on any atom is 0.276 e. The Hall–Kier alpha value is -3.26. The van der Waals surface area contributed by atoms with E-state index in [9.17, 15) is 4.79 Å². The van der Waals surface area contributed by atoms with Gasteiger partial charge in [0.05, 0.1) is 11.4 Å². The van der Waals surface area contributed by atoms with Crippen molar-refractivity contribution in [3.63, 3.8) is 0 Å². The van der Waals surface area contributed by atoms with Crippen LogP contribution in [0.2, 0.25) is 0 Å². The van der Waals surface area contributed by atoms with E-state index in [0.717, 1.165) is 69.4 Å². The minimum atomic E-state index is 0.000493. The van der Waals surface area contributed by atoms with Crippen LogP contribution in [0.3, 0.4) is 0 Å². The number of likely N-dealkylation sites (tertiary alicyclic amines) is 1. The molecule has 8 nitrogen and oxygen atoms in total. The lowest BCUT2D eigenvalue weighted by molar-refractivity contribution is 0.0630. The Kier molecular flexibility index (Phi) is 6.58. The van der Waals surface area contributed by atoms with Crippen LogP contribution in [0.4, 0.5) is 5.82 Å². The first kappa shape index (κ1) is 22.5. The van der Waals surface area contributed by atoms with Gasteiger partial charge < -0.3 is 9.80 Å². The molecule has 2 fully saturated rings. The van der Waals surface area contributed by atoms with E-state index < -0.39 is 0 Å². The molecular weight excluding hydrogens is 426 g/mol. The van der Waals surface area contributed by atoms with Crippen molar-refractivity contribution in [3.05, 3.63) is 65.6 Å². The van der Waals surface area contributed by atoms with E-state index in [1.54, 1.807) is 4.68 Å². The number of rotatable bonds is 5. The molecule has 0 N–H and O–H groups in total. The monoisotopic (exact) mass is 459 g/mol. The molecule has 3 aromatic rings. The smallest absolute Gasteiger partial charge is 0.276 e. The first-order valence-electron chi connectivity index (χ1n) is 12.3. The summed E-state index contributed by atoms with van der Waals surface area (Å²) in [6, 6.07) is 14.2. The average Bonchev–Trinajstić information content (AvgIpc) is 3.26. The highest BCUT2D eigenvalue weighted by molar-refractivity contribution is 5.93. The zero-order valence-corrected chi connectivity index (χ0v) is 20.1. The number of carbonyl (C=O) groups excluding carboxylic acids is 1. The second kappa shape index (κ2) is 9.93. The topological polar surface area (TPSA) is 70.4 Å². The molecular formula is C26H33N7O. The van der Waals surface area contributed by atoms with Gasteiger partial charge in [-0.1, -0.05) is 29.0 Å². The molecule has 2 aliphatic heterocycles. The van der Waals surface area contributed by atoms with Gasteiger partial charge >= 0.3 is 0 Å². The highest BCUT2D eigenvalue weighted by Gasteiger charge is 2.30. The van der Waals surface area contributed by atoms with Crippen molar-refractivity contribution < 1.29 is 4.79 Å². The number of amides is 1. The first-order valence-corrected chi connectivity index (χ1v) is 12.3. The third-order valence-corrected chi connectivity index (χ3v) is 7.04. The number of piperidine rings is 1. The summed E-state index contributed by atoms with van der Waals surface area (Å²) in [6.07, 6.45) is 4.06. The molecule has 1 atom stereocenters. The van der Waals surface area contributed by atoms with Gasteiger partial charge in [0.25, 0.3) is 5.91 Å². The molecule has 0 saturated carbocycles. The Morgan fingerprint density at radius 3 is 2.53 bits per heavy atom. The predicted molar refractivity (Wildman–Crippen MR) is 132 cm³/mol. The fraction of sp³-hybridized carbons (Fsp3) is 0.462. The van der Waals surface area contributed by atoms with Crippen LogP contribution >= 0.6 is 0 Å². The lowest BCUT2D eigenvalue weighted by Gasteiger charge is -2.39. The quantitative estimate of drug-likeness (QED) is 0.584. The molecule has 2 aliphatic rings. The number of benzene rings is 1. The van der Waals surface area contributed by atoms with Crippen LogP contribution in [0.1, 0.15) is 34.6 Å². The van der Waals surface area contributed by atoms with Crippen molar-refractivity contribution in [1.29, 1.82) is 0 Å². The largest absolute Gasteiger partial charge is 0.354 e. The number of hydrogen-bond donors (Lipinski definition) is 0. The van der Waals surface area contributed by atoms with Crippen molar-refractivity contribution >= 4 is 11.7 Å². The van der Waals surface area contributed by atoms with Crippen LogP contribution < -0.4 is 4.90 Å². The summed E-state index contributed by atoms with van der Waals surface area (Å²) in [5, 5.41) is 8.54. The van der Waals surface area contributed by atoms with Crippen LogP contribution in [-0.4, -0.2) is 81.5 Å². The van der Waals surface area contributed by atoms with Crippen molar-refractivity contribution in [3.8, 4) is 5.69 Å². The normalized spacial score (nSPS) is 19.4. The van der Waals surface area contributed by atoms with Crippen LogP contribution in [-0.2, 0) is 0 Å². The first-order chi connectivity index (χ1) is 16.6. The van der Waals surface area contributed by atoms with E-state index in [-0.39, 0.29) is 5.91 Å². The van der Waals surface area contributed by atoms with Crippen LogP contribution in [0.25, 0.3) is 5.69 Å². The lowest BCUT2D eigenvalue weighted by atomic mass is 9.96. The molecule has 2 aromatic heterocycles. The van der Waals surface area contributed by atoms with E-state index in [0.29, 0.717) is 11.6 Å². The Balaban J connectivity index is 1.18. The Bertz CT molecular complexity index is 1100. The molecule has 8 heteroatoms. The van der Waals surface area contributed by atoms with Crippen molar-refractivity contribution in [2.45, 2.75) is 26.7 Å². The molecule has 0 aliphatic carbocycles. The van der Waals surface area contributed by atoms with Gasteiger partial charge in [0.15, 0.2) is 5.69 Å². The molecule has 178 valence electrons. The maximum absolute atomic E-state index is 13.3. The molecule has 0 radical (unpaired) electrons. The lowest BCUT2D eigenvalue weighted by Crippen LogP contribution is -2.50. The van der Waals surface area contributed by atoms with Gasteiger partial charge in [-0.3, -0.25) is 9.69 Å². The molecule has 1 amide bonds. The summed E-state index contributed by atoms with van der Waals surface area (Å²) in [5.41, 5.74) is 3.37. The number of aromatic nitrogens is 4. The second-order valence-corrected chi connectivity index (χ2v) is 9.51. The number of piperazine rings is 1. The van der Waals surface area contributed by atoms with Gasteiger partial charge in [-0.25, -0.2) is 9.67 Å². The van der Waals surface area contributed by atoms with E-state index in [1.165, 1.54) is 12.0 Å². The second-order valence-electron chi connectivity index (χ2n) is 9.51. The highest BCUT2D eigenvalue weighted by atomic mass is 16.2. The summed E-state index contributed by atoms with van der Waals surface area (Å²) >= 11 is 0. The van der Waals surface area contributed by atoms with Gasteiger partial charge in [-0.15, -0.1) is 5.10 Å². The van der Waals surface area contributed by atoms with Crippen molar-refractivity contribution in [2.75, 3.05) is 50.7 Å². The van der Waals surface area contributed by atoms with E-state index in [4.69, 9.17) is 0 Å². The van der Waals surface area contributed by atoms with Crippen molar-refractivity contribution in [2.24, 2.45) is 5.92 Å². The number of anilines is 1. The van der Waals surface area contributed by atoms with Crippen LogP contribution in [0.15, 0.2) is 48.7 Å². The van der Waals surface area contributed by atoms with Gasteiger partial charge in [0, 0.05) is 52.0 Å². The molecule has 4 heterocycles. The van der Waals surface area contributed by atoms with Crippen molar-refractivity contribution in [1.82, 2.24) is 29.8 Å². The van der Waals surface area contributed by atoms with E-state index in [2.05, 4.69) is 38.1 Å². The summed E-state index contributed by atoms with van der Waals surface area (Å²) < 4.78 is 1.76. The Morgan fingerprint density at radius 2 is 1.79 bits per heavy atom. The zero-order chi connectivity index (χ0) is 23.5. The number of carbonyl (C=O) groups is 1. The van der Waals surface area contributed by atoms with Crippen LogP contribution in [0.5, 0.6) is 0 Å². The third kappa shape index (κ3) is 4.82. The molecule has 34 heavy (non-hydrogen) atoms. The van der Waals surface area contributed by atoms with E-state index >= 15 is 0 Å². The standard InChI is InChI=1S/C26H33N7O/c1-20-8-10-23(11-9-20)33-21(2)25(28-29-33)26(34)32-13-5-6-22(19-32)18-30-14-16-31(17-15-30)24-7-3-4-12-27-24/h3-4,7-12,22H,5-6,13-19H2,1-2H3. The van der Waals surface area contributed by atoms with Crippen LogP contribution in [0, 0.1) is 19.8 Å². The van der Waals surface area contributed by atoms with Gasteiger partial charge in [0.2, 0.25) is 0 Å².